The molecule has 1 aliphatic heterocycles. The van der Waals surface area contributed by atoms with Gasteiger partial charge in [-0.25, -0.2) is 8.91 Å². The van der Waals surface area contributed by atoms with Crippen molar-refractivity contribution in [1.29, 1.82) is 0 Å². The number of aromatic nitrogens is 2. The molecule has 202 valence electrons. The van der Waals surface area contributed by atoms with E-state index in [1.54, 1.807) is 24.4 Å². The number of halogens is 1. The Labute approximate surface area is 220 Å². The molecule has 0 spiro atoms. The summed E-state index contributed by atoms with van der Waals surface area (Å²) in [4.78, 5) is 14.1. The van der Waals surface area contributed by atoms with Gasteiger partial charge in [-0.3, -0.25) is 4.79 Å². The third kappa shape index (κ3) is 7.62. The lowest BCUT2D eigenvalue weighted by molar-refractivity contribution is -0.117. The second-order valence-corrected chi connectivity index (χ2v) is 8.97. The van der Waals surface area contributed by atoms with E-state index < -0.39 is 0 Å². The van der Waals surface area contributed by atoms with E-state index in [0.29, 0.717) is 23.6 Å². The zero-order valence-corrected chi connectivity index (χ0v) is 22.6. The maximum atomic E-state index is 14.2. The van der Waals surface area contributed by atoms with Crippen LogP contribution in [0.5, 0.6) is 0 Å². The average molecular weight is 512 g/mol. The molecular weight excluding hydrogens is 469 g/mol. The molecule has 4 rings (SSSR count). The van der Waals surface area contributed by atoms with Crippen molar-refractivity contribution in [2.24, 2.45) is 11.5 Å². The van der Waals surface area contributed by atoms with Crippen LogP contribution in [0.4, 0.5) is 4.39 Å². The summed E-state index contributed by atoms with van der Waals surface area (Å²) in [5.74, 6) is -0.162. The van der Waals surface area contributed by atoms with Gasteiger partial charge in [0.1, 0.15) is 11.3 Å². The number of pyridine rings is 1. The van der Waals surface area contributed by atoms with Gasteiger partial charge in [0.15, 0.2) is 0 Å². The van der Waals surface area contributed by atoms with Gasteiger partial charge < -0.3 is 27.0 Å². The van der Waals surface area contributed by atoms with Crippen molar-refractivity contribution < 1.29 is 9.18 Å². The lowest BCUT2D eigenvalue weighted by Gasteiger charge is -2.38. The van der Waals surface area contributed by atoms with E-state index in [1.807, 2.05) is 18.9 Å². The number of rotatable bonds is 7. The zero-order chi connectivity index (χ0) is 27.5. The fourth-order valence-electron chi connectivity index (χ4n) is 3.92. The Kier molecular flexibility index (Phi) is 11.2. The number of allylic oxidation sites excluding steroid dienone is 2. The molecule has 1 unspecified atom stereocenters. The van der Waals surface area contributed by atoms with Crippen LogP contribution in [-0.4, -0.2) is 40.1 Å². The molecule has 37 heavy (non-hydrogen) atoms. The quantitative estimate of drug-likeness (QED) is 0.251. The fourth-order valence-corrected chi connectivity index (χ4v) is 3.92. The number of hydrogen-bond donors (Lipinski definition) is 4. The Hall–Kier alpha value is -3.75. The number of carbonyl (C=O) groups is 1. The highest BCUT2D eigenvalue weighted by molar-refractivity contribution is 5.93. The maximum Gasteiger partial charge on any atom is 0.267 e. The predicted octanol–water partition coefficient (Wildman–Crippen LogP) is 4.24. The predicted molar refractivity (Wildman–Crippen MR) is 149 cm³/mol. The van der Waals surface area contributed by atoms with Crippen molar-refractivity contribution in [1.82, 2.24) is 25.1 Å². The summed E-state index contributed by atoms with van der Waals surface area (Å²) in [6, 6.07) is 4.73. The first-order valence-corrected chi connectivity index (χ1v) is 12.8. The molecule has 2 aliphatic rings. The molecule has 2 aromatic rings. The van der Waals surface area contributed by atoms with Crippen LogP contribution in [0.2, 0.25) is 0 Å². The number of nitrogens with one attached hydrogen (secondary N) is 2. The van der Waals surface area contributed by atoms with Crippen molar-refractivity contribution in [2.45, 2.75) is 65.0 Å². The molecule has 8 nitrogen and oxygen atoms in total. The molecule has 1 aliphatic carbocycles. The van der Waals surface area contributed by atoms with Gasteiger partial charge in [-0.2, -0.15) is 5.10 Å². The maximum absolute atomic E-state index is 14.2. The standard InChI is InChI=1S/C22H28FN7O.C4H10.C2H4/c1-13-17(26-2)9-11-29(20(25)8-7-16(24)22(31)27-14-5-6-14)21(13)18-12-19-15(23)4-3-10-30(19)28-18;1-3-4-2;1-2/h3-4,7-8,10,12,14,21,26H,5-6,9,11,24-25H2,1-2H3,(H,27,31);3-4H2,1-2H3;1-2H2/b16-7-,20-8+;;. The summed E-state index contributed by atoms with van der Waals surface area (Å²) in [5.41, 5.74) is 15.7. The minimum absolute atomic E-state index is 0.112. The van der Waals surface area contributed by atoms with Crippen LogP contribution in [0.15, 0.2) is 72.5 Å². The van der Waals surface area contributed by atoms with Gasteiger partial charge in [0.2, 0.25) is 0 Å². The van der Waals surface area contributed by atoms with Crippen LogP contribution in [0.1, 0.15) is 64.6 Å². The topological polar surface area (TPSA) is 114 Å². The lowest BCUT2D eigenvalue weighted by Crippen LogP contribution is -2.39. The second kappa shape index (κ2) is 14.1. The van der Waals surface area contributed by atoms with Crippen LogP contribution in [0.25, 0.3) is 5.52 Å². The molecule has 0 radical (unpaired) electrons. The number of nitrogens with two attached hydrogens (primary N) is 2. The average Bonchev–Trinajstić information content (AvgIpc) is 3.62. The van der Waals surface area contributed by atoms with E-state index in [0.717, 1.165) is 30.5 Å². The second-order valence-electron chi connectivity index (χ2n) is 8.97. The molecule has 1 atom stereocenters. The Bertz CT molecular complexity index is 1140. The minimum Gasteiger partial charge on any atom is -0.394 e. The summed E-state index contributed by atoms with van der Waals surface area (Å²) in [6.45, 7) is 13.0. The van der Waals surface area contributed by atoms with E-state index in [1.165, 1.54) is 29.5 Å². The van der Waals surface area contributed by atoms with E-state index >= 15 is 0 Å². The minimum atomic E-state index is -0.333. The molecule has 6 N–H and O–H groups in total. The Morgan fingerprint density at radius 1 is 1.24 bits per heavy atom. The van der Waals surface area contributed by atoms with Gasteiger partial charge in [-0.15, -0.1) is 13.2 Å². The lowest BCUT2D eigenvalue weighted by atomic mass is 9.95. The first kappa shape index (κ1) is 29.5. The molecular formula is C28H42FN7O. The van der Waals surface area contributed by atoms with Crippen molar-refractivity contribution in [3.63, 3.8) is 0 Å². The Balaban J connectivity index is 0.000000733. The zero-order valence-electron chi connectivity index (χ0n) is 22.6. The summed E-state index contributed by atoms with van der Waals surface area (Å²) in [6.07, 6.45) is 10.3. The monoisotopic (exact) mass is 511 g/mol. The van der Waals surface area contributed by atoms with Crippen LogP contribution in [0, 0.1) is 5.82 Å². The highest BCUT2D eigenvalue weighted by atomic mass is 19.1. The number of amides is 1. The number of unbranched alkanes of at least 4 members (excludes halogenated alkanes) is 1. The van der Waals surface area contributed by atoms with Gasteiger partial charge in [0.05, 0.1) is 23.3 Å². The van der Waals surface area contributed by atoms with E-state index in [9.17, 15) is 9.18 Å². The third-order valence-corrected chi connectivity index (χ3v) is 6.29. The molecule has 1 saturated carbocycles. The summed E-state index contributed by atoms with van der Waals surface area (Å²) in [5, 5.41) is 10.7. The largest absolute Gasteiger partial charge is 0.394 e. The van der Waals surface area contributed by atoms with Crippen molar-refractivity contribution in [3.8, 4) is 0 Å². The van der Waals surface area contributed by atoms with Crippen LogP contribution >= 0.6 is 0 Å². The summed E-state index contributed by atoms with van der Waals surface area (Å²) >= 11 is 0. The van der Waals surface area contributed by atoms with E-state index in [-0.39, 0.29) is 29.5 Å². The number of fused-ring (bicyclic) bond motifs is 1. The molecule has 0 aromatic carbocycles. The normalized spacial score (nSPS) is 18.0. The molecule has 1 fully saturated rings. The number of nitrogens with zero attached hydrogens (tertiary/aromatic N) is 3. The summed E-state index contributed by atoms with van der Waals surface area (Å²) in [7, 11) is 1.88. The van der Waals surface area contributed by atoms with Gasteiger partial charge in [0, 0.05) is 37.9 Å². The van der Waals surface area contributed by atoms with Crippen molar-refractivity contribution in [3.05, 3.63) is 84.0 Å². The molecule has 0 saturated heterocycles. The van der Waals surface area contributed by atoms with Crippen LogP contribution < -0.4 is 22.1 Å². The van der Waals surface area contributed by atoms with Crippen LogP contribution in [-0.2, 0) is 4.79 Å². The smallest absolute Gasteiger partial charge is 0.267 e. The van der Waals surface area contributed by atoms with Crippen LogP contribution in [0.3, 0.4) is 0 Å². The van der Waals surface area contributed by atoms with Crippen molar-refractivity contribution in [2.75, 3.05) is 13.6 Å². The van der Waals surface area contributed by atoms with Gasteiger partial charge in [-0.05, 0) is 55.7 Å². The van der Waals surface area contributed by atoms with Gasteiger partial charge >= 0.3 is 0 Å². The fraction of sp³-hybridized carbons (Fsp3) is 0.429. The molecule has 0 bridgehead atoms. The van der Waals surface area contributed by atoms with Gasteiger partial charge in [-0.1, -0.05) is 26.7 Å². The third-order valence-electron chi connectivity index (χ3n) is 6.29. The Morgan fingerprint density at radius 2 is 1.92 bits per heavy atom. The SMILES string of the molecule is C=C.CCCC.CNC1=C(C)C(c2cc3c(F)cccn3n2)N(/C(N)=C/C=C(\N)C(=O)NC2CC2)CC1. The first-order chi connectivity index (χ1) is 17.8. The Morgan fingerprint density at radius 3 is 2.49 bits per heavy atom. The highest BCUT2D eigenvalue weighted by Crippen LogP contribution is 2.36. The number of carbonyl (C=O) groups excluding carboxylic acids is 1. The molecule has 9 heteroatoms. The number of hydrogen-bond acceptors (Lipinski definition) is 6. The molecule has 1 amide bonds. The molecule has 2 aromatic heterocycles. The van der Waals surface area contributed by atoms with E-state index in [2.05, 4.69) is 42.7 Å². The molecule has 3 heterocycles. The first-order valence-electron chi connectivity index (χ1n) is 12.8. The summed E-state index contributed by atoms with van der Waals surface area (Å²) < 4.78 is 15.8. The van der Waals surface area contributed by atoms with Gasteiger partial charge in [0.25, 0.3) is 5.91 Å². The van der Waals surface area contributed by atoms with E-state index in [4.69, 9.17) is 11.5 Å². The van der Waals surface area contributed by atoms with Crippen molar-refractivity contribution >= 4 is 11.4 Å². The highest BCUT2D eigenvalue weighted by Gasteiger charge is 2.31.